The number of hydrogen-bond acceptors (Lipinski definition) is 3. The van der Waals surface area contributed by atoms with E-state index in [1.165, 1.54) is 16.7 Å². The number of carbonyl (C=O) groups is 2. The van der Waals surface area contributed by atoms with Gasteiger partial charge in [0.2, 0.25) is 0 Å². The third kappa shape index (κ3) is 5.63. The fourth-order valence-electron chi connectivity index (χ4n) is 5.65. The number of benzene rings is 1. The third-order valence-electron chi connectivity index (χ3n) is 7.33. The molecule has 4 heteroatoms. The van der Waals surface area contributed by atoms with Crippen molar-refractivity contribution in [3.63, 3.8) is 0 Å². The van der Waals surface area contributed by atoms with Crippen molar-refractivity contribution in [2.45, 2.75) is 130 Å². The Bertz CT molecular complexity index is 834. The lowest BCUT2D eigenvalue weighted by molar-refractivity contribution is -0.0261. The molecule has 0 radical (unpaired) electrons. The van der Waals surface area contributed by atoms with Gasteiger partial charge in [0.25, 0.3) is 0 Å². The molecule has 3 rings (SSSR count). The van der Waals surface area contributed by atoms with Gasteiger partial charge in [0, 0.05) is 23.6 Å². The molecule has 0 aliphatic carbocycles. The van der Waals surface area contributed by atoms with Crippen molar-refractivity contribution in [2.75, 3.05) is 0 Å². The molecule has 2 bridgehead atoms. The molecule has 1 aromatic rings. The molecule has 2 heterocycles. The number of ketones is 1. The van der Waals surface area contributed by atoms with Gasteiger partial charge in [-0.1, -0.05) is 53.7 Å². The van der Waals surface area contributed by atoms with Crippen LogP contribution in [0.15, 0.2) is 12.1 Å². The Hall–Kier alpha value is -1.84. The van der Waals surface area contributed by atoms with E-state index in [0.29, 0.717) is 23.5 Å². The van der Waals surface area contributed by atoms with Crippen molar-refractivity contribution in [2.24, 2.45) is 5.92 Å². The summed E-state index contributed by atoms with van der Waals surface area (Å²) in [7, 11) is 0. The van der Waals surface area contributed by atoms with Gasteiger partial charge in [0.1, 0.15) is 5.60 Å². The van der Waals surface area contributed by atoms with Crippen LogP contribution in [0.1, 0.15) is 139 Å². The van der Waals surface area contributed by atoms with Crippen molar-refractivity contribution >= 4 is 11.9 Å². The molecule has 0 spiro atoms. The summed E-state index contributed by atoms with van der Waals surface area (Å²) in [4.78, 5) is 29.1. The monoisotopic (exact) mass is 455 g/mol. The molecule has 2 saturated heterocycles. The molecule has 2 fully saturated rings. The van der Waals surface area contributed by atoms with E-state index in [4.69, 9.17) is 4.74 Å². The molecule has 0 saturated carbocycles. The van der Waals surface area contributed by atoms with Crippen LogP contribution in [-0.2, 0) is 4.74 Å². The van der Waals surface area contributed by atoms with Gasteiger partial charge in [0.05, 0.1) is 0 Å². The Morgan fingerprint density at radius 2 is 1.36 bits per heavy atom. The molecule has 33 heavy (non-hydrogen) atoms. The van der Waals surface area contributed by atoms with Crippen LogP contribution in [0.25, 0.3) is 0 Å². The first-order valence-electron chi connectivity index (χ1n) is 13.0. The number of carbonyl (C=O) groups excluding carboxylic acids is 2. The van der Waals surface area contributed by atoms with Crippen molar-refractivity contribution in [3.05, 3.63) is 34.4 Å². The highest BCUT2D eigenvalue weighted by Gasteiger charge is 2.45. The second-order valence-corrected chi connectivity index (χ2v) is 12.2. The summed E-state index contributed by atoms with van der Waals surface area (Å²) in [6.07, 6.45) is 4.31. The van der Waals surface area contributed by atoms with Gasteiger partial charge in [-0.3, -0.25) is 4.79 Å². The van der Waals surface area contributed by atoms with Gasteiger partial charge in [-0.25, -0.2) is 4.79 Å². The number of hydrogen-bond donors (Lipinski definition) is 0. The Labute approximate surface area is 201 Å². The molecule has 4 nitrogen and oxygen atoms in total. The summed E-state index contributed by atoms with van der Waals surface area (Å²) < 4.78 is 5.73. The topological polar surface area (TPSA) is 46.6 Å². The number of amides is 1. The lowest BCUT2D eigenvalue weighted by Gasteiger charge is -2.48. The molecule has 2 aliphatic heterocycles. The number of fused-ring (bicyclic) bond motifs is 2. The Morgan fingerprint density at radius 1 is 0.879 bits per heavy atom. The van der Waals surface area contributed by atoms with Gasteiger partial charge in [-0.2, -0.15) is 0 Å². The van der Waals surface area contributed by atoms with Gasteiger partial charge in [-0.05, 0) is 87.3 Å². The van der Waals surface area contributed by atoms with Gasteiger partial charge >= 0.3 is 6.09 Å². The van der Waals surface area contributed by atoms with Crippen molar-refractivity contribution in [3.8, 4) is 0 Å². The van der Waals surface area contributed by atoms with Crippen LogP contribution in [-0.4, -0.2) is 34.5 Å². The Morgan fingerprint density at radius 3 is 1.76 bits per heavy atom. The van der Waals surface area contributed by atoms with E-state index < -0.39 is 5.60 Å². The summed E-state index contributed by atoms with van der Waals surface area (Å²) in [5.41, 5.74) is 4.15. The highest BCUT2D eigenvalue weighted by Crippen LogP contribution is 2.41. The van der Waals surface area contributed by atoms with E-state index in [2.05, 4.69) is 53.7 Å². The fraction of sp³-hybridized carbons (Fsp3) is 0.724. The summed E-state index contributed by atoms with van der Waals surface area (Å²) in [5.74, 6) is 1.28. The van der Waals surface area contributed by atoms with Crippen molar-refractivity contribution in [1.82, 2.24) is 4.90 Å². The van der Waals surface area contributed by atoms with E-state index in [0.717, 1.165) is 37.7 Å². The number of ether oxygens (including phenoxy) is 1. The Kier molecular flexibility index (Phi) is 7.65. The van der Waals surface area contributed by atoms with Crippen LogP contribution in [0.3, 0.4) is 0 Å². The molecular formula is C29H45NO3. The van der Waals surface area contributed by atoms with Gasteiger partial charge < -0.3 is 9.64 Å². The first-order chi connectivity index (χ1) is 15.3. The minimum Gasteiger partial charge on any atom is -0.444 e. The standard InChI is InChI=1S/C29H45NO3/c1-17(2)20-15-24(18(3)4)26(25(16-20)19(5)6)27(31)21-13-22-11-10-12-23(14-21)30(22)28(32)33-29(7,8)9/h15-19,21-23H,10-14H2,1-9H3. The number of nitrogens with zero attached hydrogens (tertiary/aromatic N) is 1. The zero-order valence-corrected chi connectivity index (χ0v) is 22.3. The maximum absolute atomic E-state index is 14.1. The predicted molar refractivity (Wildman–Crippen MR) is 135 cm³/mol. The summed E-state index contributed by atoms with van der Waals surface area (Å²) >= 11 is 0. The largest absolute Gasteiger partial charge is 0.444 e. The fourth-order valence-corrected chi connectivity index (χ4v) is 5.65. The van der Waals surface area contributed by atoms with Crippen LogP contribution in [0, 0.1) is 5.92 Å². The van der Waals surface area contributed by atoms with Crippen molar-refractivity contribution < 1.29 is 14.3 Å². The molecule has 0 aromatic heterocycles. The molecule has 184 valence electrons. The molecule has 2 unspecified atom stereocenters. The number of Topliss-reactive ketones (excluding diaryl/α,β-unsaturated/α-hetero) is 1. The van der Waals surface area contributed by atoms with Gasteiger partial charge in [-0.15, -0.1) is 0 Å². The van der Waals surface area contributed by atoms with Crippen LogP contribution in [0.2, 0.25) is 0 Å². The molecule has 2 aliphatic rings. The summed E-state index contributed by atoms with van der Waals surface area (Å²) in [5, 5.41) is 0. The highest BCUT2D eigenvalue weighted by atomic mass is 16.6. The van der Waals surface area contributed by atoms with Gasteiger partial charge in [0.15, 0.2) is 5.78 Å². The minimum atomic E-state index is -0.505. The summed E-state index contributed by atoms with van der Waals surface area (Å²) in [6, 6.07) is 4.73. The van der Waals surface area contributed by atoms with Crippen molar-refractivity contribution in [1.29, 1.82) is 0 Å². The summed E-state index contributed by atoms with van der Waals surface area (Å²) in [6.45, 7) is 19.0. The quantitative estimate of drug-likeness (QED) is 0.425. The minimum absolute atomic E-state index is 0.0288. The SMILES string of the molecule is CC(C)c1cc(C(C)C)c(C(=O)C2CC3CCCC(C2)N3C(=O)OC(C)(C)C)c(C(C)C)c1. The maximum Gasteiger partial charge on any atom is 0.410 e. The molecule has 0 N–H and O–H groups in total. The predicted octanol–water partition coefficient (Wildman–Crippen LogP) is 7.81. The average molecular weight is 456 g/mol. The zero-order chi connectivity index (χ0) is 24.7. The third-order valence-corrected chi connectivity index (χ3v) is 7.33. The van der Waals surface area contributed by atoms with Crippen LogP contribution in [0.4, 0.5) is 4.79 Å². The van der Waals surface area contributed by atoms with Crippen LogP contribution in [0.5, 0.6) is 0 Å². The lowest BCUT2D eigenvalue weighted by Crippen LogP contribution is -2.56. The van der Waals surface area contributed by atoms with Crippen LogP contribution < -0.4 is 0 Å². The first kappa shape index (κ1) is 25.8. The molecule has 1 aromatic carbocycles. The zero-order valence-electron chi connectivity index (χ0n) is 22.3. The second-order valence-electron chi connectivity index (χ2n) is 12.2. The van der Waals surface area contributed by atoms with E-state index in [9.17, 15) is 9.59 Å². The average Bonchev–Trinajstić information content (AvgIpc) is 2.69. The highest BCUT2D eigenvalue weighted by molar-refractivity contribution is 6.01. The lowest BCUT2D eigenvalue weighted by atomic mass is 9.73. The Balaban J connectivity index is 1.95. The van der Waals surface area contributed by atoms with E-state index in [1.807, 2.05) is 25.7 Å². The normalized spacial score (nSPS) is 23.4. The molecule has 1 amide bonds. The van der Waals surface area contributed by atoms with E-state index in [1.54, 1.807) is 0 Å². The molecular weight excluding hydrogens is 410 g/mol. The first-order valence-corrected chi connectivity index (χ1v) is 13.0. The van der Waals surface area contributed by atoms with E-state index >= 15 is 0 Å². The maximum atomic E-state index is 14.1. The molecule has 2 atom stereocenters. The second kappa shape index (κ2) is 9.80. The smallest absolute Gasteiger partial charge is 0.410 e. The van der Waals surface area contributed by atoms with E-state index in [-0.39, 0.29) is 24.1 Å². The van der Waals surface area contributed by atoms with Crippen LogP contribution >= 0.6 is 0 Å². The number of rotatable bonds is 5. The number of piperidine rings is 2.